The third-order valence-corrected chi connectivity index (χ3v) is 2.79. The molecular weight excluding hydrogens is 268 g/mol. The molecule has 5 nitrogen and oxygen atoms in total. The molecule has 1 aliphatic heterocycles. The van der Waals surface area contributed by atoms with Crippen LogP contribution in [0.15, 0.2) is 23.4 Å². The number of carbonyl (C=O) groups excluding carboxylic acids is 1. The number of nitrogens with zero attached hydrogens (tertiary/aromatic N) is 1. The summed E-state index contributed by atoms with van der Waals surface area (Å²) in [5, 5.41) is 8.75. The standard InChI is InChI=1S/C13H15F2N3O2/c1-8-6-13(2,20-18-8)7-16-12(19)17-11-4-9(14)3-10(15)5-11/h3-5H,6-7H2,1-2H3,(H2,16,17,19). The first-order valence-electron chi connectivity index (χ1n) is 6.09. The molecule has 1 aromatic carbocycles. The van der Waals surface area contributed by atoms with Gasteiger partial charge in [-0.25, -0.2) is 13.6 Å². The van der Waals surface area contributed by atoms with Crippen molar-refractivity contribution in [2.45, 2.75) is 25.9 Å². The van der Waals surface area contributed by atoms with Crippen LogP contribution in [0, 0.1) is 11.6 Å². The molecule has 20 heavy (non-hydrogen) atoms. The number of amides is 2. The highest BCUT2D eigenvalue weighted by atomic mass is 19.1. The number of halogens is 2. The van der Waals surface area contributed by atoms with Crippen LogP contribution in [0.5, 0.6) is 0 Å². The van der Waals surface area contributed by atoms with Crippen molar-refractivity contribution in [1.82, 2.24) is 5.32 Å². The van der Waals surface area contributed by atoms with Crippen molar-refractivity contribution in [1.29, 1.82) is 0 Å². The second-order valence-electron chi connectivity index (χ2n) is 5.01. The molecule has 1 atom stereocenters. The van der Waals surface area contributed by atoms with Gasteiger partial charge in [0.25, 0.3) is 0 Å². The molecule has 0 aromatic heterocycles. The van der Waals surface area contributed by atoms with E-state index < -0.39 is 23.3 Å². The van der Waals surface area contributed by atoms with Crippen molar-refractivity contribution < 1.29 is 18.4 Å². The topological polar surface area (TPSA) is 62.7 Å². The second-order valence-corrected chi connectivity index (χ2v) is 5.01. The zero-order valence-electron chi connectivity index (χ0n) is 11.2. The lowest BCUT2D eigenvalue weighted by Crippen LogP contribution is -2.42. The molecule has 0 aliphatic carbocycles. The number of rotatable bonds is 3. The van der Waals surface area contributed by atoms with Crippen LogP contribution >= 0.6 is 0 Å². The summed E-state index contributed by atoms with van der Waals surface area (Å²) < 4.78 is 25.9. The molecule has 2 N–H and O–H groups in total. The molecule has 0 spiro atoms. The predicted molar refractivity (Wildman–Crippen MR) is 70.6 cm³/mol. The van der Waals surface area contributed by atoms with Crippen LogP contribution in [-0.2, 0) is 4.84 Å². The van der Waals surface area contributed by atoms with Crippen LogP contribution in [0.4, 0.5) is 19.3 Å². The fourth-order valence-electron chi connectivity index (χ4n) is 1.96. The van der Waals surface area contributed by atoms with Gasteiger partial charge in [-0.2, -0.15) is 0 Å². The Morgan fingerprint density at radius 1 is 1.40 bits per heavy atom. The van der Waals surface area contributed by atoms with Crippen molar-refractivity contribution in [3.05, 3.63) is 29.8 Å². The van der Waals surface area contributed by atoms with Crippen molar-refractivity contribution in [3.8, 4) is 0 Å². The van der Waals surface area contributed by atoms with Crippen LogP contribution in [0.2, 0.25) is 0 Å². The molecule has 7 heteroatoms. The zero-order valence-corrected chi connectivity index (χ0v) is 11.2. The van der Waals surface area contributed by atoms with Gasteiger partial charge in [-0.1, -0.05) is 5.16 Å². The molecule has 108 valence electrons. The average molecular weight is 283 g/mol. The van der Waals surface area contributed by atoms with Crippen molar-refractivity contribution in [2.24, 2.45) is 5.16 Å². The van der Waals surface area contributed by atoms with Gasteiger partial charge >= 0.3 is 6.03 Å². The SMILES string of the molecule is CC1=NOC(C)(CNC(=O)Nc2cc(F)cc(F)c2)C1. The van der Waals surface area contributed by atoms with Gasteiger partial charge in [0.15, 0.2) is 5.60 Å². The van der Waals surface area contributed by atoms with E-state index in [1.807, 2.05) is 13.8 Å². The molecular formula is C13H15F2N3O2. The quantitative estimate of drug-likeness (QED) is 0.895. The van der Waals surface area contributed by atoms with E-state index in [-0.39, 0.29) is 12.2 Å². The molecule has 2 amide bonds. The number of carbonyl (C=O) groups is 1. The average Bonchev–Trinajstić information content (AvgIpc) is 2.66. The van der Waals surface area contributed by atoms with Gasteiger partial charge in [-0.3, -0.25) is 0 Å². The summed E-state index contributed by atoms with van der Waals surface area (Å²) in [7, 11) is 0. The normalized spacial score (nSPS) is 21.1. The summed E-state index contributed by atoms with van der Waals surface area (Å²) in [6.07, 6.45) is 0.613. The molecule has 1 aromatic rings. The lowest BCUT2D eigenvalue weighted by Gasteiger charge is -2.21. The smallest absolute Gasteiger partial charge is 0.319 e. The van der Waals surface area contributed by atoms with E-state index >= 15 is 0 Å². The Bertz CT molecular complexity index is 542. The van der Waals surface area contributed by atoms with E-state index in [1.54, 1.807) is 0 Å². The van der Waals surface area contributed by atoms with Crippen LogP contribution in [-0.4, -0.2) is 23.9 Å². The molecule has 0 fully saturated rings. The largest absolute Gasteiger partial charge is 0.387 e. The lowest BCUT2D eigenvalue weighted by molar-refractivity contribution is -0.0000967. The predicted octanol–water partition coefficient (Wildman–Crippen LogP) is 2.64. The highest BCUT2D eigenvalue weighted by molar-refractivity contribution is 5.89. The number of hydrogen-bond acceptors (Lipinski definition) is 3. The minimum absolute atomic E-state index is 0.0462. The van der Waals surface area contributed by atoms with E-state index in [0.717, 1.165) is 23.9 Å². The Morgan fingerprint density at radius 3 is 2.60 bits per heavy atom. The van der Waals surface area contributed by atoms with Crippen LogP contribution in [0.25, 0.3) is 0 Å². The van der Waals surface area contributed by atoms with Gasteiger partial charge in [0, 0.05) is 18.2 Å². The Kier molecular flexibility index (Phi) is 3.87. The maximum atomic E-state index is 13.0. The Labute approximate surface area is 115 Å². The van der Waals surface area contributed by atoms with Gasteiger partial charge in [0.1, 0.15) is 11.6 Å². The monoisotopic (exact) mass is 283 g/mol. The number of nitrogens with one attached hydrogen (secondary N) is 2. The molecule has 1 unspecified atom stereocenters. The molecule has 0 bridgehead atoms. The summed E-state index contributed by atoms with van der Waals surface area (Å²) in [5.41, 5.74) is 0.307. The van der Waals surface area contributed by atoms with Gasteiger partial charge in [0.05, 0.1) is 12.3 Å². The van der Waals surface area contributed by atoms with Crippen molar-refractivity contribution in [2.75, 3.05) is 11.9 Å². The first-order chi connectivity index (χ1) is 9.36. The number of urea groups is 1. The number of hydrogen-bond donors (Lipinski definition) is 2. The minimum atomic E-state index is -0.754. The van der Waals surface area contributed by atoms with Crippen LogP contribution in [0.1, 0.15) is 20.3 Å². The summed E-state index contributed by atoms with van der Waals surface area (Å²) in [6.45, 7) is 3.88. The first kappa shape index (κ1) is 14.2. The highest BCUT2D eigenvalue weighted by Gasteiger charge is 2.32. The summed E-state index contributed by atoms with van der Waals surface area (Å²) in [4.78, 5) is 16.9. The van der Waals surface area contributed by atoms with E-state index in [4.69, 9.17) is 4.84 Å². The van der Waals surface area contributed by atoms with Gasteiger partial charge < -0.3 is 15.5 Å². The number of oxime groups is 1. The fraction of sp³-hybridized carbons (Fsp3) is 0.385. The number of benzene rings is 1. The number of anilines is 1. The zero-order chi connectivity index (χ0) is 14.8. The molecule has 0 saturated heterocycles. The van der Waals surface area contributed by atoms with Crippen LogP contribution < -0.4 is 10.6 Å². The first-order valence-corrected chi connectivity index (χ1v) is 6.09. The molecule has 1 heterocycles. The van der Waals surface area contributed by atoms with E-state index in [2.05, 4.69) is 15.8 Å². The second kappa shape index (κ2) is 5.44. The van der Waals surface area contributed by atoms with E-state index in [9.17, 15) is 13.6 Å². The summed E-state index contributed by atoms with van der Waals surface area (Å²) in [6, 6.07) is 2.23. The highest BCUT2D eigenvalue weighted by Crippen LogP contribution is 2.22. The Balaban J connectivity index is 1.87. The maximum absolute atomic E-state index is 13.0. The van der Waals surface area contributed by atoms with Gasteiger partial charge in [0.2, 0.25) is 0 Å². The van der Waals surface area contributed by atoms with Crippen molar-refractivity contribution in [3.63, 3.8) is 0 Å². The molecule has 0 saturated carbocycles. The van der Waals surface area contributed by atoms with Gasteiger partial charge in [-0.15, -0.1) is 0 Å². The molecule has 1 aliphatic rings. The molecule has 2 rings (SSSR count). The summed E-state index contributed by atoms with van der Waals surface area (Å²) in [5.74, 6) is -1.51. The van der Waals surface area contributed by atoms with Crippen molar-refractivity contribution >= 4 is 17.4 Å². The Morgan fingerprint density at radius 2 is 2.05 bits per heavy atom. The third-order valence-electron chi connectivity index (χ3n) is 2.79. The van der Waals surface area contributed by atoms with Crippen LogP contribution in [0.3, 0.4) is 0 Å². The maximum Gasteiger partial charge on any atom is 0.319 e. The summed E-state index contributed by atoms with van der Waals surface area (Å²) >= 11 is 0. The van der Waals surface area contributed by atoms with Gasteiger partial charge in [-0.05, 0) is 26.0 Å². The van der Waals surface area contributed by atoms with E-state index in [1.165, 1.54) is 0 Å². The lowest BCUT2D eigenvalue weighted by atomic mass is 10.0. The fourth-order valence-corrected chi connectivity index (χ4v) is 1.96. The van der Waals surface area contributed by atoms with E-state index in [0.29, 0.717) is 6.42 Å². The Hall–Kier alpha value is -2.18. The third kappa shape index (κ3) is 3.66. The minimum Gasteiger partial charge on any atom is -0.387 e. The molecule has 0 radical (unpaired) electrons.